The van der Waals surface area contributed by atoms with Crippen LogP contribution in [0.3, 0.4) is 0 Å². The number of aldehydes is 1. The van der Waals surface area contributed by atoms with E-state index in [1.807, 2.05) is 6.07 Å². The van der Waals surface area contributed by atoms with Crippen LogP contribution in [0.5, 0.6) is 0 Å². The maximum absolute atomic E-state index is 10.7. The van der Waals surface area contributed by atoms with Crippen molar-refractivity contribution in [2.24, 2.45) is 5.92 Å². The summed E-state index contributed by atoms with van der Waals surface area (Å²) in [6.45, 7) is 6.50. The van der Waals surface area contributed by atoms with Gasteiger partial charge in [0.1, 0.15) is 0 Å². The largest absolute Gasteiger partial charge is 0.298 e. The number of rotatable bonds is 4. The number of hydrogen-bond acceptors (Lipinski definition) is 2. The van der Waals surface area contributed by atoms with E-state index in [2.05, 4.69) is 20.8 Å². The summed E-state index contributed by atoms with van der Waals surface area (Å²) in [5.41, 5.74) is 0.892. The molecular formula is C11H16OS. The van der Waals surface area contributed by atoms with Gasteiger partial charge in [0, 0.05) is 15.3 Å². The molecule has 0 saturated heterocycles. The molecular weight excluding hydrogens is 180 g/mol. The summed E-state index contributed by atoms with van der Waals surface area (Å²) in [7, 11) is 0. The topological polar surface area (TPSA) is 17.1 Å². The SMILES string of the molecule is CCc1sc(CC(C)C)cc1C=O. The Hall–Kier alpha value is -0.630. The quantitative estimate of drug-likeness (QED) is 0.675. The molecule has 1 aromatic heterocycles. The third-order valence-corrected chi connectivity index (χ3v) is 3.27. The first-order valence-corrected chi connectivity index (χ1v) is 5.55. The smallest absolute Gasteiger partial charge is 0.151 e. The molecule has 1 aromatic rings. The van der Waals surface area contributed by atoms with Gasteiger partial charge in [-0.15, -0.1) is 11.3 Å². The molecule has 0 saturated carbocycles. The zero-order chi connectivity index (χ0) is 9.84. The minimum Gasteiger partial charge on any atom is -0.298 e. The highest BCUT2D eigenvalue weighted by molar-refractivity contribution is 7.12. The Bertz CT molecular complexity index is 286. The van der Waals surface area contributed by atoms with Crippen molar-refractivity contribution in [3.63, 3.8) is 0 Å². The van der Waals surface area contributed by atoms with Gasteiger partial charge in [0.25, 0.3) is 0 Å². The Morgan fingerprint density at radius 3 is 2.62 bits per heavy atom. The van der Waals surface area contributed by atoms with Gasteiger partial charge in [-0.1, -0.05) is 20.8 Å². The number of carbonyl (C=O) groups is 1. The van der Waals surface area contributed by atoms with Gasteiger partial charge >= 0.3 is 0 Å². The van der Waals surface area contributed by atoms with Crippen LogP contribution < -0.4 is 0 Å². The van der Waals surface area contributed by atoms with Crippen molar-refractivity contribution < 1.29 is 4.79 Å². The van der Waals surface area contributed by atoms with Crippen LogP contribution in [0.25, 0.3) is 0 Å². The van der Waals surface area contributed by atoms with Crippen LogP contribution in [-0.2, 0) is 12.8 Å². The molecule has 0 radical (unpaired) electrons. The Morgan fingerprint density at radius 2 is 2.23 bits per heavy atom. The van der Waals surface area contributed by atoms with Crippen LogP contribution in [0, 0.1) is 5.92 Å². The zero-order valence-corrected chi connectivity index (χ0v) is 9.28. The molecule has 0 bridgehead atoms. The average molecular weight is 196 g/mol. The van der Waals surface area contributed by atoms with Gasteiger partial charge in [0.05, 0.1) is 0 Å². The van der Waals surface area contributed by atoms with Gasteiger partial charge in [0.15, 0.2) is 6.29 Å². The normalized spacial score (nSPS) is 10.8. The van der Waals surface area contributed by atoms with E-state index in [4.69, 9.17) is 0 Å². The van der Waals surface area contributed by atoms with E-state index in [9.17, 15) is 4.79 Å². The lowest BCUT2D eigenvalue weighted by atomic mass is 10.1. The van der Waals surface area contributed by atoms with Crippen LogP contribution in [-0.4, -0.2) is 6.29 Å². The summed E-state index contributed by atoms with van der Waals surface area (Å²) < 4.78 is 0. The molecule has 1 nitrogen and oxygen atoms in total. The predicted octanol–water partition coefficient (Wildman–Crippen LogP) is 3.32. The molecule has 0 atom stereocenters. The summed E-state index contributed by atoms with van der Waals surface area (Å²) in [4.78, 5) is 13.3. The molecule has 1 rings (SSSR count). The highest BCUT2D eigenvalue weighted by Crippen LogP contribution is 2.24. The molecule has 0 aliphatic heterocycles. The predicted molar refractivity (Wildman–Crippen MR) is 57.6 cm³/mol. The van der Waals surface area contributed by atoms with Crippen LogP contribution in [0.4, 0.5) is 0 Å². The monoisotopic (exact) mass is 196 g/mol. The van der Waals surface area contributed by atoms with Gasteiger partial charge < -0.3 is 0 Å². The number of hydrogen-bond donors (Lipinski definition) is 0. The molecule has 2 heteroatoms. The second-order valence-corrected chi connectivity index (χ2v) is 4.88. The van der Waals surface area contributed by atoms with E-state index in [1.165, 1.54) is 9.75 Å². The van der Waals surface area contributed by atoms with Gasteiger partial charge in [0.2, 0.25) is 0 Å². The third-order valence-electron chi connectivity index (χ3n) is 1.95. The number of carbonyl (C=O) groups excluding carboxylic acids is 1. The van der Waals surface area contributed by atoms with Crippen molar-refractivity contribution in [3.8, 4) is 0 Å². The van der Waals surface area contributed by atoms with Crippen molar-refractivity contribution >= 4 is 17.6 Å². The molecule has 1 heterocycles. The molecule has 0 fully saturated rings. The lowest BCUT2D eigenvalue weighted by Gasteiger charge is -1.99. The minimum absolute atomic E-state index is 0.669. The molecule has 0 spiro atoms. The second kappa shape index (κ2) is 4.56. The summed E-state index contributed by atoms with van der Waals surface area (Å²) in [5, 5.41) is 0. The molecule has 0 N–H and O–H groups in total. The van der Waals surface area contributed by atoms with Crippen molar-refractivity contribution in [3.05, 3.63) is 21.4 Å². The van der Waals surface area contributed by atoms with Gasteiger partial charge in [-0.05, 0) is 24.8 Å². The first-order chi connectivity index (χ1) is 6.17. The summed E-state index contributed by atoms with van der Waals surface area (Å²) in [6, 6.07) is 2.04. The highest BCUT2D eigenvalue weighted by atomic mass is 32.1. The molecule has 0 aromatic carbocycles. The average Bonchev–Trinajstić information content (AvgIpc) is 2.45. The molecule has 0 aliphatic carbocycles. The van der Waals surface area contributed by atoms with E-state index >= 15 is 0 Å². The Balaban J connectivity index is 2.86. The van der Waals surface area contributed by atoms with Crippen LogP contribution in [0.15, 0.2) is 6.07 Å². The fourth-order valence-electron chi connectivity index (χ4n) is 1.38. The lowest BCUT2D eigenvalue weighted by Crippen LogP contribution is -1.89. The highest BCUT2D eigenvalue weighted by Gasteiger charge is 2.07. The van der Waals surface area contributed by atoms with Gasteiger partial charge in [-0.3, -0.25) is 4.79 Å². The van der Waals surface area contributed by atoms with E-state index in [0.29, 0.717) is 5.92 Å². The fourth-order valence-corrected chi connectivity index (χ4v) is 2.67. The molecule has 0 aliphatic rings. The second-order valence-electron chi connectivity index (χ2n) is 3.66. The molecule has 72 valence electrons. The zero-order valence-electron chi connectivity index (χ0n) is 8.46. The Kier molecular flexibility index (Phi) is 3.67. The van der Waals surface area contributed by atoms with Gasteiger partial charge in [-0.2, -0.15) is 0 Å². The lowest BCUT2D eigenvalue weighted by molar-refractivity contribution is 0.112. The van der Waals surface area contributed by atoms with Crippen LogP contribution in [0.1, 0.15) is 40.9 Å². The summed E-state index contributed by atoms with van der Waals surface area (Å²) in [6.07, 6.45) is 3.03. The summed E-state index contributed by atoms with van der Waals surface area (Å²) in [5.74, 6) is 0.669. The van der Waals surface area contributed by atoms with Crippen molar-refractivity contribution in [1.82, 2.24) is 0 Å². The van der Waals surface area contributed by atoms with E-state index in [1.54, 1.807) is 11.3 Å². The Labute approximate surface area is 83.8 Å². The minimum atomic E-state index is 0.669. The molecule has 13 heavy (non-hydrogen) atoms. The number of thiophene rings is 1. The van der Waals surface area contributed by atoms with E-state index in [-0.39, 0.29) is 0 Å². The Morgan fingerprint density at radius 1 is 1.54 bits per heavy atom. The van der Waals surface area contributed by atoms with E-state index < -0.39 is 0 Å². The summed E-state index contributed by atoms with van der Waals surface area (Å²) >= 11 is 1.78. The van der Waals surface area contributed by atoms with Crippen molar-refractivity contribution in [2.75, 3.05) is 0 Å². The standard InChI is InChI=1S/C11H16OS/c1-4-11-9(7-12)6-10(13-11)5-8(2)3/h6-8H,4-5H2,1-3H3. The van der Waals surface area contributed by atoms with Crippen LogP contribution >= 0.6 is 11.3 Å². The van der Waals surface area contributed by atoms with Crippen molar-refractivity contribution in [2.45, 2.75) is 33.6 Å². The first kappa shape index (κ1) is 10.5. The first-order valence-electron chi connectivity index (χ1n) is 4.74. The van der Waals surface area contributed by atoms with Crippen LogP contribution in [0.2, 0.25) is 0 Å². The maximum Gasteiger partial charge on any atom is 0.151 e. The molecule has 0 amide bonds. The fraction of sp³-hybridized carbons (Fsp3) is 0.545. The van der Waals surface area contributed by atoms with Gasteiger partial charge in [-0.25, -0.2) is 0 Å². The van der Waals surface area contributed by atoms with E-state index in [0.717, 1.165) is 24.7 Å². The number of aryl methyl sites for hydroxylation is 1. The third kappa shape index (κ3) is 2.66. The molecule has 0 unspecified atom stereocenters. The maximum atomic E-state index is 10.7. The van der Waals surface area contributed by atoms with Crippen molar-refractivity contribution in [1.29, 1.82) is 0 Å².